The standard InChI is InChI=1S/C15H22OS/c1-11-8-9-14(12(2)10-11)17-15-7-5-3-4-6-13(15)16/h8-10,13,15-16H,3-7H2,1-2H3. The smallest absolute Gasteiger partial charge is 0.0662 e. The second-order valence-electron chi connectivity index (χ2n) is 5.13. The third-order valence-electron chi connectivity index (χ3n) is 3.53. The normalized spacial score (nSPS) is 25.6. The van der Waals surface area contributed by atoms with Gasteiger partial charge in [-0.1, -0.05) is 37.0 Å². The van der Waals surface area contributed by atoms with Crippen molar-refractivity contribution in [3.8, 4) is 0 Å². The summed E-state index contributed by atoms with van der Waals surface area (Å²) in [6.07, 6.45) is 5.73. The van der Waals surface area contributed by atoms with Gasteiger partial charge in [0.25, 0.3) is 0 Å². The zero-order chi connectivity index (χ0) is 12.3. The van der Waals surface area contributed by atoms with Crippen LogP contribution in [0.25, 0.3) is 0 Å². The Morgan fingerprint density at radius 3 is 2.65 bits per heavy atom. The van der Waals surface area contributed by atoms with Crippen LogP contribution in [0.2, 0.25) is 0 Å². The van der Waals surface area contributed by atoms with E-state index < -0.39 is 0 Å². The van der Waals surface area contributed by atoms with E-state index in [4.69, 9.17) is 0 Å². The first-order chi connectivity index (χ1) is 8.16. The van der Waals surface area contributed by atoms with Crippen molar-refractivity contribution >= 4 is 11.8 Å². The van der Waals surface area contributed by atoms with Crippen LogP contribution in [0.1, 0.15) is 43.2 Å². The van der Waals surface area contributed by atoms with Crippen molar-refractivity contribution in [2.45, 2.75) is 62.2 Å². The van der Waals surface area contributed by atoms with E-state index in [1.165, 1.54) is 35.3 Å². The first kappa shape index (κ1) is 13.0. The van der Waals surface area contributed by atoms with Crippen LogP contribution in [0.15, 0.2) is 23.1 Å². The van der Waals surface area contributed by atoms with Crippen molar-refractivity contribution in [1.29, 1.82) is 0 Å². The molecule has 2 atom stereocenters. The minimum Gasteiger partial charge on any atom is -0.392 e. The topological polar surface area (TPSA) is 20.2 Å². The number of aliphatic hydroxyl groups is 1. The third-order valence-corrected chi connectivity index (χ3v) is 5.09. The van der Waals surface area contributed by atoms with Gasteiger partial charge in [-0.05, 0) is 38.3 Å². The molecule has 17 heavy (non-hydrogen) atoms. The van der Waals surface area contributed by atoms with Crippen LogP contribution in [-0.4, -0.2) is 16.5 Å². The summed E-state index contributed by atoms with van der Waals surface area (Å²) >= 11 is 1.87. The number of rotatable bonds is 2. The zero-order valence-corrected chi connectivity index (χ0v) is 11.6. The van der Waals surface area contributed by atoms with Crippen molar-refractivity contribution in [3.63, 3.8) is 0 Å². The fraction of sp³-hybridized carbons (Fsp3) is 0.600. The Bertz CT molecular complexity index is 375. The molecule has 1 aliphatic carbocycles. The van der Waals surface area contributed by atoms with Crippen LogP contribution in [0, 0.1) is 13.8 Å². The van der Waals surface area contributed by atoms with Crippen molar-refractivity contribution in [2.24, 2.45) is 0 Å². The molecule has 1 saturated carbocycles. The molecular formula is C15H22OS. The maximum Gasteiger partial charge on any atom is 0.0662 e. The molecule has 0 heterocycles. The summed E-state index contributed by atoms with van der Waals surface area (Å²) in [5.41, 5.74) is 2.65. The molecule has 0 spiro atoms. The Morgan fingerprint density at radius 2 is 1.88 bits per heavy atom. The molecule has 0 bridgehead atoms. The number of hydrogen-bond acceptors (Lipinski definition) is 2. The lowest BCUT2D eigenvalue weighted by Gasteiger charge is -2.20. The van der Waals surface area contributed by atoms with Gasteiger partial charge in [0.1, 0.15) is 0 Å². The SMILES string of the molecule is Cc1ccc(SC2CCCCCC2O)c(C)c1. The van der Waals surface area contributed by atoms with Crippen molar-refractivity contribution < 1.29 is 5.11 Å². The van der Waals surface area contributed by atoms with E-state index in [-0.39, 0.29) is 6.10 Å². The third kappa shape index (κ3) is 3.49. The van der Waals surface area contributed by atoms with Gasteiger partial charge >= 0.3 is 0 Å². The quantitative estimate of drug-likeness (QED) is 0.798. The first-order valence-electron chi connectivity index (χ1n) is 6.59. The molecule has 0 aliphatic heterocycles. The largest absolute Gasteiger partial charge is 0.392 e. The highest BCUT2D eigenvalue weighted by Crippen LogP contribution is 2.34. The summed E-state index contributed by atoms with van der Waals surface area (Å²) in [5, 5.41) is 10.5. The Morgan fingerprint density at radius 1 is 1.12 bits per heavy atom. The summed E-state index contributed by atoms with van der Waals surface area (Å²) in [4.78, 5) is 1.33. The molecule has 0 aromatic heterocycles. The highest BCUT2D eigenvalue weighted by Gasteiger charge is 2.22. The molecule has 1 aliphatic rings. The van der Waals surface area contributed by atoms with Crippen LogP contribution in [0.5, 0.6) is 0 Å². The van der Waals surface area contributed by atoms with E-state index in [0.29, 0.717) is 5.25 Å². The van der Waals surface area contributed by atoms with Crippen LogP contribution < -0.4 is 0 Å². The number of benzene rings is 1. The molecule has 1 aromatic rings. The average Bonchev–Trinajstić information content (AvgIpc) is 2.48. The molecule has 1 nitrogen and oxygen atoms in total. The average molecular weight is 250 g/mol. The zero-order valence-electron chi connectivity index (χ0n) is 10.8. The van der Waals surface area contributed by atoms with E-state index in [9.17, 15) is 5.11 Å². The molecule has 1 N–H and O–H groups in total. The number of aryl methyl sites for hydroxylation is 2. The van der Waals surface area contributed by atoms with Crippen molar-refractivity contribution in [2.75, 3.05) is 0 Å². The lowest BCUT2D eigenvalue weighted by molar-refractivity contribution is 0.163. The highest BCUT2D eigenvalue weighted by molar-refractivity contribution is 8.00. The highest BCUT2D eigenvalue weighted by atomic mass is 32.2. The molecule has 2 heteroatoms. The van der Waals surface area contributed by atoms with Gasteiger partial charge in [-0.3, -0.25) is 0 Å². The minimum atomic E-state index is -0.122. The van der Waals surface area contributed by atoms with Crippen LogP contribution in [0.4, 0.5) is 0 Å². The van der Waals surface area contributed by atoms with Gasteiger partial charge in [-0.15, -0.1) is 11.8 Å². The van der Waals surface area contributed by atoms with Crippen molar-refractivity contribution in [3.05, 3.63) is 29.3 Å². The molecular weight excluding hydrogens is 228 g/mol. The maximum absolute atomic E-state index is 10.1. The Hall–Kier alpha value is -0.470. The summed E-state index contributed by atoms with van der Waals surface area (Å²) in [7, 11) is 0. The maximum atomic E-state index is 10.1. The van der Waals surface area contributed by atoms with E-state index >= 15 is 0 Å². The van der Waals surface area contributed by atoms with E-state index in [2.05, 4.69) is 32.0 Å². The summed E-state index contributed by atoms with van der Waals surface area (Å²) in [5.74, 6) is 0. The molecule has 1 fully saturated rings. The van der Waals surface area contributed by atoms with Gasteiger partial charge in [0.2, 0.25) is 0 Å². The fourth-order valence-electron chi connectivity index (χ4n) is 2.49. The van der Waals surface area contributed by atoms with Crippen molar-refractivity contribution in [1.82, 2.24) is 0 Å². The number of hydrogen-bond donors (Lipinski definition) is 1. The summed E-state index contributed by atoms with van der Waals surface area (Å²) in [6.45, 7) is 4.29. The van der Waals surface area contributed by atoms with Gasteiger partial charge in [0.05, 0.1) is 6.10 Å². The molecule has 2 unspecified atom stereocenters. The second-order valence-corrected chi connectivity index (χ2v) is 6.41. The van der Waals surface area contributed by atoms with Crippen LogP contribution >= 0.6 is 11.8 Å². The summed E-state index contributed by atoms with van der Waals surface area (Å²) in [6, 6.07) is 6.59. The summed E-state index contributed by atoms with van der Waals surface area (Å²) < 4.78 is 0. The lowest BCUT2D eigenvalue weighted by atomic mass is 10.1. The molecule has 0 amide bonds. The molecule has 0 radical (unpaired) electrons. The Labute approximate surface area is 109 Å². The molecule has 94 valence electrons. The molecule has 1 aromatic carbocycles. The first-order valence-corrected chi connectivity index (χ1v) is 7.47. The Balaban J connectivity index is 2.08. The van der Waals surface area contributed by atoms with E-state index in [0.717, 1.165) is 12.8 Å². The Kier molecular flexibility index (Phi) is 4.52. The fourth-order valence-corrected chi connectivity index (χ4v) is 3.78. The second kappa shape index (κ2) is 5.92. The van der Waals surface area contributed by atoms with Gasteiger partial charge in [0, 0.05) is 10.1 Å². The lowest BCUT2D eigenvalue weighted by Crippen LogP contribution is -2.21. The molecule has 2 rings (SSSR count). The van der Waals surface area contributed by atoms with E-state index in [1.54, 1.807) is 0 Å². The monoisotopic (exact) mass is 250 g/mol. The minimum absolute atomic E-state index is 0.122. The van der Waals surface area contributed by atoms with Gasteiger partial charge in [-0.2, -0.15) is 0 Å². The van der Waals surface area contributed by atoms with Gasteiger partial charge in [0.15, 0.2) is 0 Å². The van der Waals surface area contributed by atoms with Gasteiger partial charge in [-0.25, -0.2) is 0 Å². The van der Waals surface area contributed by atoms with Gasteiger partial charge < -0.3 is 5.11 Å². The number of thioether (sulfide) groups is 1. The number of aliphatic hydroxyl groups excluding tert-OH is 1. The predicted molar refractivity (Wildman–Crippen MR) is 74.7 cm³/mol. The van der Waals surface area contributed by atoms with Crippen LogP contribution in [-0.2, 0) is 0 Å². The van der Waals surface area contributed by atoms with Crippen LogP contribution in [0.3, 0.4) is 0 Å². The molecule has 0 saturated heterocycles. The predicted octanol–water partition coefficient (Wildman–Crippen LogP) is 4.09. The van der Waals surface area contributed by atoms with E-state index in [1.807, 2.05) is 11.8 Å².